The molecule has 0 bridgehead atoms. The summed E-state index contributed by atoms with van der Waals surface area (Å²) < 4.78 is 6.72. The second-order valence-electron chi connectivity index (χ2n) is 4.64. The number of benzene rings is 1. The Hall–Kier alpha value is -1.05. The molecule has 21 heavy (non-hydrogen) atoms. The van der Waals surface area contributed by atoms with E-state index in [2.05, 4.69) is 15.9 Å². The Bertz CT molecular complexity index is 508. The highest BCUT2D eigenvalue weighted by atomic mass is 79.9. The summed E-state index contributed by atoms with van der Waals surface area (Å²) in [5.74, 6) is -0.792. The van der Waals surface area contributed by atoms with Crippen LogP contribution in [0.3, 0.4) is 0 Å². The summed E-state index contributed by atoms with van der Waals surface area (Å²) in [5.41, 5.74) is 1.04. The molecule has 1 amide bonds. The van der Waals surface area contributed by atoms with Crippen LogP contribution in [-0.2, 0) is 14.3 Å². The molecule has 1 aliphatic rings. The third kappa shape index (κ3) is 5.01. The van der Waals surface area contributed by atoms with Crippen LogP contribution < -0.4 is 0 Å². The molecule has 1 N–H and O–H groups in total. The lowest BCUT2D eigenvalue weighted by atomic mass is 10.1. The highest BCUT2D eigenvalue weighted by Gasteiger charge is 2.25. The smallest absolute Gasteiger partial charge is 0.313 e. The van der Waals surface area contributed by atoms with Crippen molar-refractivity contribution in [2.75, 3.05) is 31.2 Å². The van der Waals surface area contributed by atoms with Gasteiger partial charge in [0.05, 0.1) is 24.7 Å². The molecule has 0 aliphatic carbocycles. The minimum atomic E-state index is -0.900. The predicted molar refractivity (Wildman–Crippen MR) is 84.4 cm³/mol. The topological polar surface area (TPSA) is 66.8 Å². The summed E-state index contributed by atoms with van der Waals surface area (Å²) in [6, 6.07) is 7.84. The number of aliphatic carboxylic acids is 1. The number of carboxylic acid groups (broad SMARTS) is 1. The molecule has 1 fully saturated rings. The third-order valence-electron chi connectivity index (χ3n) is 3.11. The Kier molecular flexibility index (Phi) is 6.08. The molecular formula is C14H16BrNO4S. The number of halogens is 1. The van der Waals surface area contributed by atoms with Crippen molar-refractivity contribution in [3.05, 3.63) is 34.3 Å². The van der Waals surface area contributed by atoms with Crippen LogP contribution in [-0.4, -0.2) is 53.1 Å². The average molecular weight is 374 g/mol. The second kappa shape index (κ2) is 7.82. The molecule has 1 unspecified atom stereocenters. The summed E-state index contributed by atoms with van der Waals surface area (Å²) in [6.45, 7) is 1.56. The molecule has 1 heterocycles. The van der Waals surface area contributed by atoms with Gasteiger partial charge in [0.2, 0.25) is 5.91 Å². The SMILES string of the molecule is O=C(O)CSCC(=O)N1CCOC(c2ccc(Br)cc2)C1. The van der Waals surface area contributed by atoms with Crippen molar-refractivity contribution in [1.29, 1.82) is 0 Å². The van der Waals surface area contributed by atoms with Gasteiger partial charge < -0.3 is 14.7 Å². The summed E-state index contributed by atoms with van der Waals surface area (Å²) in [7, 11) is 0. The van der Waals surface area contributed by atoms with E-state index in [1.54, 1.807) is 4.90 Å². The van der Waals surface area contributed by atoms with E-state index in [9.17, 15) is 9.59 Å². The van der Waals surface area contributed by atoms with Crippen molar-refractivity contribution in [2.24, 2.45) is 0 Å². The normalized spacial score (nSPS) is 18.5. The minimum absolute atomic E-state index is 0.0355. The number of amides is 1. The molecule has 0 radical (unpaired) electrons. The maximum Gasteiger partial charge on any atom is 0.313 e. The Morgan fingerprint density at radius 1 is 1.33 bits per heavy atom. The van der Waals surface area contributed by atoms with Gasteiger partial charge in [-0.05, 0) is 17.7 Å². The zero-order valence-corrected chi connectivity index (χ0v) is 13.7. The van der Waals surface area contributed by atoms with E-state index in [0.29, 0.717) is 19.7 Å². The fourth-order valence-electron chi connectivity index (χ4n) is 2.07. The number of ether oxygens (including phenoxy) is 1. The molecule has 114 valence electrons. The first-order valence-electron chi connectivity index (χ1n) is 6.50. The first kappa shape index (κ1) is 16.3. The number of morpholine rings is 1. The van der Waals surface area contributed by atoms with Gasteiger partial charge in [0, 0.05) is 11.0 Å². The number of thioether (sulfide) groups is 1. The fourth-order valence-corrected chi connectivity index (χ4v) is 2.97. The Labute approximate surface area is 135 Å². The van der Waals surface area contributed by atoms with Crippen LogP contribution >= 0.6 is 27.7 Å². The van der Waals surface area contributed by atoms with Crippen LogP contribution in [0.2, 0.25) is 0 Å². The van der Waals surface area contributed by atoms with Gasteiger partial charge in [0.25, 0.3) is 0 Å². The fraction of sp³-hybridized carbons (Fsp3) is 0.429. The molecule has 1 aliphatic heterocycles. The summed E-state index contributed by atoms with van der Waals surface area (Å²) in [4.78, 5) is 24.3. The van der Waals surface area contributed by atoms with Gasteiger partial charge in [0.1, 0.15) is 6.10 Å². The van der Waals surface area contributed by atoms with Gasteiger partial charge in [-0.2, -0.15) is 0 Å². The van der Waals surface area contributed by atoms with Crippen molar-refractivity contribution in [3.8, 4) is 0 Å². The molecule has 0 saturated carbocycles. The molecule has 0 spiro atoms. The number of carbonyl (C=O) groups excluding carboxylic acids is 1. The van der Waals surface area contributed by atoms with E-state index >= 15 is 0 Å². The van der Waals surface area contributed by atoms with E-state index in [1.165, 1.54) is 0 Å². The summed E-state index contributed by atoms with van der Waals surface area (Å²) >= 11 is 4.51. The summed E-state index contributed by atoms with van der Waals surface area (Å²) in [5, 5.41) is 8.58. The van der Waals surface area contributed by atoms with Gasteiger partial charge in [-0.15, -0.1) is 11.8 Å². The molecular weight excluding hydrogens is 358 g/mol. The zero-order chi connectivity index (χ0) is 15.2. The Morgan fingerprint density at radius 2 is 2.05 bits per heavy atom. The average Bonchev–Trinajstić information content (AvgIpc) is 2.47. The molecule has 5 nitrogen and oxygen atoms in total. The Morgan fingerprint density at radius 3 is 2.71 bits per heavy atom. The number of carboxylic acids is 1. The van der Waals surface area contributed by atoms with Gasteiger partial charge in [-0.3, -0.25) is 9.59 Å². The lowest BCUT2D eigenvalue weighted by Gasteiger charge is -2.33. The second-order valence-corrected chi connectivity index (χ2v) is 6.54. The zero-order valence-electron chi connectivity index (χ0n) is 11.3. The molecule has 7 heteroatoms. The first-order valence-corrected chi connectivity index (χ1v) is 8.45. The molecule has 0 aromatic heterocycles. The van der Waals surface area contributed by atoms with E-state index in [0.717, 1.165) is 21.8 Å². The van der Waals surface area contributed by atoms with Crippen molar-refractivity contribution in [2.45, 2.75) is 6.10 Å². The third-order valence-corrected chi connectivity index (χ3v) is 4.54. The highest BCUT2D eigenvalue weighted by molar-refractivity contribution is 9.10. The van der Waals surface area contributed by atoms with Crippen LogP contribution in [0.1, 0.15) is 11.7 Å². The van der Waals surface area contributed by atoms with Gasteiger partial charge in [-0.1, -0.05) is 28.1 Å². The standard InChI is InChI=1S/C14H16BrNO4S/c15-11-3-1-10(2-4-11)12-7-16(5-6-20-12)13(17)8-21-9-14(18)19/h1-4,12H,5-9H2,(H,18,19). The van der Waals surface area contributed by atoms with E-state index in [1.807, 2.05) is 24.3 Å². The van der Waals surface area contributed by atoms with Crippen LogP contribution in [0.15, 0.2) is 28.7 Å². The van der Waals surface area contributed by atoms with Gasteiger partial charge in [-0.25, -0.2) is 0 Å². The van der Waals surface area contributed by atoms with E-state index < -0.39 is 5.97 Å². The number of rotatable bonds is 5. The van der Waals surface area contributed by atoms with E-state index in [-0.39, 0.29) is 23.5 Å². The molecule has 1 aromatic carbocycles. The van der Waals surface area contributed by atoms with E-state index in [4.69, 9.17) is 9.84 Å². The van der Waals surface area contributed by atoms with Gasteiger partial charge in [0.15, 0.2) is 0 Å². The quantitative estimate of drug-likeness (QED) is 0.856. The maximum absolute atomic E-state index is 12.1. The minimum Gasteiger partial charge on any atom is -0.481 e. The monoisotopic (exact) mass is 373 g/mol. The maximum atomic E-state index is 12.1. The van der Waals surface area contributed by atoms with Crippen LogP contribution in [0.25, 0.3) is 0 Å². The van der Waals surface area contributed by atoms with Gasteiger partial charge >= 0.3 is 5.97 Å². The summed E-state index contributed by atoms with van der Waals surface area (Å²) in [6.07, 6.45) is -0.125. The van der Waals surface area contributed by atoms with Crippen LogP contribution in [0.5, 0.6) is 0 Å². The number of hydrogen-bond donors (Lipinski definition) is 1. The van der Waals surface area contributed by atoms with Crippen molar-refractivity contribution >= 4 is 39.6 Å². The molecule has 1 aromatic rings. The predicted octanol–water partition coefficient (Wildman–Crippen LogP) is 2.17. The Balaban J connectivity index is 1.89. The lowest BCUT2D eigenvalue weighted by molar-refractivity contribution is -0.136. The van der Waals surface area contributed by atoms with Crippen molar-refractivity contribution < 1.29 is 19.4 Å². The molecule has 1 saturated heterocycles. The highest BCUT2D eigenvalue weighted by Crippen LogP contribution is 2.24. The van der Waals surface area contributed by atoms with Crippen LogP contribution in [0.4, 0.5) is 0 Å². The molecule has 2 rings (SSSR count). The largest absolute Gasteiger partial charge is 0.481 e. The molecule has 1 atom stereocenters. The van der Waals surface area contributed by atoms with Crippen LogP contribution in [0, 0.1) is 0 Å². The lowest BCUT2D eigenvalue weighted by Crippen LogP contribution is -2.43. The first-order chi connectivity index (χ1) is 10.1. The van der Waals surface area contributed by atoms with Crippen molar-refractivity contribution in [3.63, 3.8) is 0 Å². The number of nitrogens with zero attached hydrogens (tertiary/aromatic N) is 1. The van der Waals surface area contributed by atoms with Crippen molar-refractivity contribution in [1.82, 2.24) is 4.90 Å². The number of carbonyl (C=O) groups is 2. The number of hydrogen-bond acceptors (Lipinski definition) is 4.